The second-order valence-corrected chi connectivity index (χ2v) is 11.1. The number of alkyl carbamates (subject to hydrolysis) is 2. The van der Waals surface area contributed by atoms with E-state index in [1.165, 1.54) is 22.7 Å². The molecule has 0 unspecified atom stereocenters. The first kappa shape index (κ1) is 50.1. The molecular weight excluding hydrogens is 869 g/mol. The standard InChI is InChI=1S/C14H15N3O4.C11H11NO4.C8H11N3O4.C3H4N2.CH3.Pd/c18-13(19)12(9-17-8-4-7-15-17)16-14(20)21-10-11-5-2-1-3-6-11;13-10-9(7-15-10)12-11(14)16-6-8-4-2-1-3-5-8;1-14-15-6-9-7(8(12)13)5-11-4-2-3-10-11;1-2-4-5-3-1;;/h1-8,12H,9-10H2,(H,16,20)(H,18,19);1-5,9H,6-7H2,(H,12,14);2-4,6-7H,5H2,1H3,(H,12,13);1-3H,(H,4,5);1H3;/q;;;;-1;/t12-;9-;7-;;;/m000.../s1. The second kappa shape index (κ2) is 29.4. The van der Waals surface area contributed by atoms with E-state index in [1.54, 1.807) is 43.1 Å². The van der Waals surface area contributed by atoms with Gasteiger partial charge in [-0.05, 0) is 29.3 Å². The van der Waals surface area contributed by atoms with Crippen molar-refractivity contribution in [3.8, 4) is 0 Å². The molecule has 5 N–H and O–H groups in total. The Morgan fingerprint density at radius 2 is 1.44 bits per heavy atom. The zero-order valence-electron chi connectivity index (χ0n) is 31.8. The maximum atomic E-state index is 11.6. The number of benzene rings is 2. The van der Waals surface area contributed by atoms with E-state index in [0.717, 1.165) is 17.5 Å². The van der Waals surface area contributed by atoms with Gasteiger partial charge in [0.1, 0.15) is 25.9 Å². The van der Waals surface area contributed by atoms with Crippen molar-refractivity contribution >= 4 is 36.5 Å². The summed E-state index contributed by atoms with van der Waals surface area (Å²) >= 11 is 0. The molecule has 0 saturated carbocycles. The van der Waals surface area contributed by atoms with Crippen molar-refractivity contribution in [2.45, 2.75) is 44.4 Å². The van der Waals surface area contributed by atoms with Gasteiger partial charge in [0.25, 0.3) is 0 Å². The van der Waals surface area contributed by atoms with Crippen LogP contribution >= 0.6 is 0 Å². The van der Waals surface area contributed by atoms with Gasteiger partial charge in [-0.1, -0.05) is 60.7 Å². The number of esters is 1. The fourth-order valence-corrected chi connectivity index (χ4v) is 4.06. The number of carbonyl (C=O) groups is 5. The van der Waals surface area contributed by atoms with E-state index in [-0.39, 0.29) is 60.8 Å². The Kier molecular flexibility index (Phi) is 25.0. The van der Waals surface area contributed by atoms with E-state index in [4.69, 9.17) is 19.7 Å². The van der Waals surface area contributed by atoms with Gasteiger partial charge < -0.3 is 47.4 Å². The van der Waals surface area contributed by atoms with E-state index < -0.39 is 48.2 Å². The molecule has 5 aromatic rings. The molecule has 1 fully saturated rings. The van der Waals surface area contributed by atoms with E-state index in [1.807, 2.05) is 66.7 Å². The van der Waals surface area contributed by atoms with Crippen LogP contribution in [0.25, 0.3) is 0 Å². The summed E-state index contributed by atoms with van der Waals surface area (Å²) in [5.41, 5.74) is 1.72. The number of hydrogen-bond donors (Lipinski definition) is 5. The number of carbonyl (C=O) groups excluding carboxylic acids is 3. The van der Waals surface area contributed by atoms with Crippen LogP contribution in [0, 0.1) is 7.43 Å². The molecule has 0 bridgehead atoms. The summed E-state index contributed by atoms with van der Waals surface area (Å²) in [4.78, 5) is 67.7. The van der Waals surface area contributed by atoms with Crippen molar-refractivity contribution in [1.29, 1.82) is 0 Å². The summed E-state index contributed by atoms with van der Waals surface area (Å²) in [6.45, 7) is 0.670. The number of carboxylic acids is 2. The van der Waals surface area contributed by atoms with Crippen LogP contribution in [0.3, 0.4) is 0 Å². The molecule has 3 aromatic heterocycles. The van der Waals surface area contributed by atoms with Crippen molar-refractivity contribution in [1.82, 2.24) is 40.4 Å². The Labute approximate surface area is 352 Å². The first-order chi connectivity index (χ1) is 27.6. The Hall–Kier alpha value is -6.89. The Morgan fingerprint density at radius 3 is 1.85 bits per heavy atom. The van der Waals surface area contributed by atoms with E-state index in [2.05, 4.69) is 50.5 Å². The number of carboxylic acid groups (broad SMARTS) is 2. The van der Waals surface area contributed by atoms with Crippen molar-refractivity contribution < 1.29 is 78.6 Å². The van der Waals surface area contributed by atoms with E-state index in [9.17, 15) is 24.0 Å². The fraction of sp³-hybridized carbons (Fsp3) is 0.243. The van der Waals surface area contributed by atoms with Gasteiger partial charge in [-0.2, -0.15) is 20.2 Å². The van der Waals surface area contributed by atoms with Gasteiger partial charge in [0.05, 0.1) is 20.2 Å². The van der Waals surface area contributed by atoms with Crippen LogP contribution in [-0.4, -0.2) is 108 Å². The number of nitrogens with one attached hydrogen (secondary N) is 3. The van der Waals surface area contributed by atoms with Gasteiger partial charge >= 0.3 is 30.1 Å². The van der Waals surface area contributed by atoms with Crippen LogP contribution in [0.2, 0.25) is 0 Å². The molecule has 6 rings (SSSR count). The number of aliphatic carboxylic acids is 2. The topological polar surface area (TPSA) is 273 Å². The molecule has 4 heterocycles. The average molecular weight is 913 g/mol. The van der Waals surface area contributed by atoms with Crippen LogP contribution in [0.4, 0.5) is 9.59 Å². The predicted molar refractivity (Wildman–Crippen MR) is 203 cm³/mol. The molecule has 320 valence electrons. The fourth-order valence-electron chi connectivity index (χ4n) is 4.06. The maximum Gasteiger partial charge on any atom is 0.408 e. The molecule has 1 saturated heterocycles. The minimum atomic E-state index is -1.15. The molecule has 2 aromatic carbocycles. The van der Waals surface area contributed by atoms with E-state index in [0.29, 0.717) is 0 Å². The number of rotatable bonds is 15. The van der Waals surface area contributed by atoms with Gasteiger partial charge in [-0.3, -0.25) is 14.5 Å². The molecule has 1 aliphatic heterocycles. The molecular formula is C37H44N9O12Pd-. The van der Waals surface area contributed by atoms with Crippen molar-refractivity contribution in [2.75, 3.05) is 13.7 Å². The molecule has 3 atom stereocenters. The summed E-state index contributed by atoms with van der Waals surface area (Å²) in [7, 11) is 1.30. The molecule has 0 aliphatic carbocycles. The average Bonchev–Trinajstić information content (AvgIpc) is 4.06. The maximum absolute atomic E-state index is 11.6. The number of ether oxygens (including phenoxy) is 3. The molecule has 0 spiro atoms. The number of nitrogens with zero attached hydrogens (tertiary/aromatic N) is 6. The second-order valence-electron chi connectivity index (χ2n) is 11.1. The number of hydrogen-bond acceptors (Lipinski definition) is 14. The number of cyclic esters (lactones) is 1. The SMILES string of the molecule is COOC=N[C@@H](Cn1cccn1)C(=O)O.O=C(N[C@@H](Cn1cccn1)C(=O)O)OCc1ccccc1.O=C(N[C@H]1COC1=O)OCc1ccccc1.[CH3-].[Pd].c1cn[nH]c1. The zero-order chi connectivity index (χ0) is 41.1. The Morgan fingerprint density at radius 1 is 0.864 bits per heavy atom. The summed E-state index contributed by atoms with van der Waals surface area (Å²) in [6, 6.07) is 21.1. The normalized spacial score (nSPS) is 13.0. The molecule has 22 heteroatoms. The van der Waals surface area contributed by atoms with Gasteiger partial charge in [-0.15, -0.1) is 0 Å². The van der Waals surface area contributed by atoms with Crippen LogP contribution < -0.4 is 10.6 Å². The first-order valence-electron chi connectivity index (χ1n) is 16.8. The summed E-state index contributed by atoms with van der Waals surface area (Å²) < 4.78 is 17.3. The van der Waals surface area contributed by atoms with Crippen molar-refractivity contribution in [3.63, 3.8) is 0 Å². The van der Waals surface area contributed by atoms with Gasteiger partial charge in [0.15, 0.2) is 12.1 Å². The number of aromatic amines is 1. The largest absolute Gasteiger partial charge is 0.480 e. The predicted octanol–water partition coefficient (Wildman–Crippen LogP) is 2.90. The molecule has 59 heavy (non-hydrogen) atoms. The summed E-state index contributed by atoms with van der Waals surface area (Å²) in [5.74, 6) is -2.62. The minimum Gasteiger partial charge on any atom is -0.480 e. The summed E-state index contributed by atoms with van der Waals surface area (Å²) in [5, 5.41) is 36.6. The van der Waals surface area contributed by atoms with Crippen LogP contribution in [0.15, 0.2) is 121 Å². The van der Waals surface area contributed by atoms with E-state index >= 15 is 0 Å². The third kappa shape index (κ3) is 21.3. The van der Waals surface area contributed by atoms with Crippen molar-refractivity contribution in [3.05, 3.63) is 135 Å². The molecule has 21 nitrogen and oxygen atoms in total. The summed E-state index contributed by atoms with van der Waals surface area (Å²) in [6.07, 6.45) is 9.39. The number of H-pyrrole nitrogens is 1. The van der Waals surface area contributed by atoms with Gasteiger partial charge in [0.2, 0.25) is 6.40 Å². The zero-order valence-corrected chi connectivity index (χ0v) is 33.3. The van der Waals surface area contributed by atoms with Crippen molar-refractivity contribution in [2.24, 2.45) is 4.99 Å². The smallest absolute Gasteiger partial charge is 0.408 e. The number of aromatic nitrogens is 6. The van der Waals surface area contributed by atoms with Crippen LogP contribution in [0.1, 0.15) is 11.1 Å². The molecule has 1 aliphatic rings. The van der Waals surface area contributed by atoms with Crippen LogP contribution in [-0.2, 0) is 85.1 Å². The third-order valence-corrected chi connectivity index (χ3v) is 6.90. The molecule has 0 radical (unpaired) electrons. The van der Waals surface area contributed by atoms with Gasteiger partial charge in [0, 0.05) is 57.6 Å². The quantitative estimate of drug-likeness (QED) is 0.0148. The van der Waals surface area contributed by atoms with Crippen LogP contribution in [0.5, 0.6) is 0 Å². The first-order valence-corrected chi connectivity index (χ1v) is 16.8. The minimum absolute atomic E-state index is 0. The molecule has 2 amide bonds. The third-order valence-electron chi connectivity index (χ3n) is 6.90. The Balaban J connectivity index is 0.000000415. The number of amides is 2. The monoisotopic (exact) mass is 912 g/mol. The Bertz CT molecular complexity index is 1890. The van der Waals surface area contributed by atoms with Gasteiger partial charge in [-0.25, -0.2) is 29.0 Å². The number of aliphatic imine (C=N–C) groups is 1.